The molecule has 2 fully saturated rings. The van der Waals surface area contributed by atoms with Crippen molar-refractivity contribution in [1.29, 1.82) is 0 Å². The highest BCUT2D eigenvalue weighted by atomic mass is 16.6. The van der Waals surface area contributed by atoms with Crippen LogP contribution in [0.15, 0.2) is 30.3 Å². The number of amides is 3. The molecule has 0 aromatic heterocycles. The Labute approximate surface area is 140 Å². The van der Waals surface area contributed by atoms with E-state index < -0.39 is 18.2 Å². The van der Waals surface area contributed by atoms with Crippen LogP contribution in [0.4, 0.5) is 4.79 Å². The number of rotatable bonds is 3. The minimum absolute atomic E-state index is 0.0508. The molecule has 0 saturated carbocycles. The predicted octanol–water partition coefficient (Wildman–Crippen LogP) is 1.30. The summed E-state index contributed by atoms with van der Waals surface area (Å²) in [7, 11) is 0. The van der Waals surface area contributed by atoms with E-state index in [1.54, 1.807) is 0 Å². The van der Waals surface area contributed by atoms with E-state index in [4.69, 9.17) is 4.74 Å². The van der Waals surface area contributed by atoms with Gasteiger partial charge in [0.2, 0.25) is 5.91 Å². The number of carbonyl (C=O) groups excluding carboxylic acids is 3. The van der Waals surface area contributed by atoms with Gasteiger partial charge in [-0.1, -0.05) is 44.2 Å². The van der Waals surface area contributed by atoms with Crippen molar-refractivity contribution in [3.05, 3.63) is 35.9 Å². The Hall–Kier alpha value is -2.57. The molecule has 128 valence electrons. The van der Waals surface area contributed by atoms with Gasteiger partial charge in [-0.25, -0.2) is 14.8 Å². The summed E-state index contributed by atoms with van der Waals surface area (Å²) >= 11 is 0. The summed E-state index contributed by atoms with van der Waals surface area (Å²) in [5.41, 5.74) is 0.865. The van der Waals surface area contributed by atoms with Gasteiger partial charge in [0, 0.05) is 6.54 Å². The first-order valence-electron chi connectivity index (χ1n) is 8.10. The van der Waals surface area contributed by atoms with Crippen molar-refractivity contribution in [2.45, 2.75) is 39.0 Å². The molecule has 3 amide bonds. The minimum atomic E-state index is -0.628. The number of fused-ring (bicyclic) bond motifs is 1. The van der Waals surface area contributed by atoms with Gasteiger partial charge in [-0.3, -0.25) is 9.59 Å². The van der Waals surface area contributed by atoms with E-state index in [1.807, 2.05) is 44.2 Å². The molecule has 2 heterocycles. The SMILES string of the molecule is CC(C)[C@@H]1NC(=O)[C@@H]2CCN(C(=O)OCc3ccccc3)N2C1=O. The summed E-state index contributed by atoms with van der Waals surface area (Å²) in [6.07, 6.45) is -0.185. The van der Waals surface area contributed by atoms with Crippen LogP contribution in [0.3, 0.4) is 0 Å². The smallest absolute Gasteiger partial charge is 0.429 e. The summed E-state index contributed by atoms with van der Waals surface area (Å²) in [5, 5.41) is 5.27. The molecule has 0 unspecified atom stereocenters. The maximum Gasteiger partial charge on any atom is 0.429 e. The summed E-state index contributed by atoms with van der Waals surface area (Å²) < 4.78 is 5.30. The Kier molecular flexibility index (Phi) is 4.42. The van der Waals surface area contributed by atoms with Gasteiger partial charge < -0.3 is 10.1 Å². The molecule has 0 radical (unpaired) electrons. The average molecular weight is 331 g/mol. The third-order valence-corrected chi connectivity index (χ3v) is 4.34. The van der Waals surface area contributed by atoms with Crippen molar-refractivity contribution in [3.8, 4) is 0 Å². The third-order valence-electron chi connectivity index (χ3n) is 4.34. The van der Waals surface area contributed by atoms with Crippen molar-refractivity contribution in [3.63, 3.8) is 0 Å². The second kappa shape index (κ2) is 6.51. The van der Waals surface area contributed by atoms with Crippen molar-refractivity contribution in [2.24, 2.45) is 5.92 Å². The molecule has 2 aliphatic heterocycles. The molecule has 1 N–H and O–H groups in total. The van der Waals surface area contributed by atoms with Crippen LogP contribution in [0.2, 0.25) is 0 Å². The Morgan fingerprint density at radius 1 is 1.29 bits per heavy atom. The van der Waals surface area contributed by atoms with Crippen LogP contribution < -0.4 is 5.32 Å². The summed E-state index contributed by atoms with van der Waals surface area (Å²) in [4.78, 5) is 37.2. The fourth-order valence-corrected chi connectivity index (χ4v) is 3.04. The standard InChI is InChI=1S/C17H21N3O4/c1-11(2)14-16(22)20-13(15(21)18-14)8-9-19(20)17(23)24-10-12-6-4-3-5-7-12/h3-7,11,13-14H,8-10H2,1-2H3,(H,18,21)/t13-,14-/m0/s1. The lowest BCUT2D eigenvalue weighted by atomic mass is 9.99. The number of hydrogen-bond acceptors (Lipinski definition) is 4. The normalized spacial score (nSPS) is 23.3. The Morgan fingerprint density at radius 2 is 2.00 bits per heavy atom. The minimum Gasteiger partial charge on any atom is -0.443 e. The van der Waals surface area contributed by atoms with Crippen molar-refractivity contribution >= 4 is 17.9 Å². The molecular formula is C17H21N3O4. The molecule has 1 aromatic carbocycles. The van der Waals surface area contributed by atoms with Crippen LogP contribution in [0.25, 0.3) is 0 Å². The molecule has 2 atom stereocenters. The Morgan fingerprint density at radius 3 is 2.67 bits per heavy atom. The van der Waals surface area contributed by atoms with Gasteiger partial charge in [-0.15, -0.1) is 0 Å². The molecule has 24 heavy (non-hydrogen) atoms. The molecule has 2 saturated heterocycles. The number of piperazine rings is 1. The van der Waals surface area contributed by atoms with Crippen LogP contribution in [-0.4, -0.2) is 46.6 Å². The Balaban J connectivity index is 1.70. The highest BCUT2D eigenvalue weighted by Crippen LogP contribution is 2.26. The molecule has 2 aliphatic rings. The molecular weight excluding hydrogens is 310 g/mol. The first kappa shape index (κ1) is 16.3. The lowest BCUT2D eigenvalue weighted by Gasteiger charge is -2.39. The van der Waals surface area contributed by atoms with Crippen LogP contribution in [0.5, 0.6) is 0 Å². The van der Waals surface area contributed by atoms with E-state index in [2.05, 4.69) is 5.32 Å². The van der Waals surface area contributed by atoms with Gasteiger partial charge in [0.05, 0.1) is 0 Å². The number of ether oxygens (including phenoxy) is 1. The number of hydrogen-bond donors (Lipinski definition) is 1. The molecule has 3 rings (SSSR count). The molecule has 7 heteroatoms. The first-order chi connectivity index (χ1) is 11.5. The van der Waals surface area contributed by atoms with Gasteiger partial charge in [0.25, 0.3) is 5.91 Å². The fraction of sp³-hybridized carbons (Fsp3) is 0.471. The van der Waals surface area contributed by atoms with Gasteiger partial charge >= 0.3 is 6.09 Å². The second-order valence-corrected chi connectivity index (χ2v) is 6.38. The quantitative estimate of drug-likeness (QED) is 0.905. The van der Waals surface area contributed by atoms with Gasteiger partial charge in [0.1, 0.15) is 18.7 Å². The molecule has 0 aliphatic carbocycles. The van der Waals surface area contributed by atoms with Crippen molar-refractivity contribution in [1.82, 2.24) is 15.3 Å². The van der Waals surface area contributed by atoms with Crippen LogP contribution >= 0.6 is 0 Å². The van der Waals surface area contributed by atoms with Gasteiger partial charge in [-0.05, 0) is 17.9 Å². The number of benzene rings is 1. The second-order valence-electron chi connectivity index (χ2n) is 6.38. The molecule has 7 nitrogen and oxygen atoms in total. The predicted molar refractivity (Wildman–Crippen MR) is 85.4 cm³/mol. The van der Waals surface area contributed by atoms with E-state index in [0.29, 0.717) is 13.0 Å². The largest absolute Gasteiger partial charge is 0.443 e. The maximum absolute atomic E-state index is 12.6. The lowest BCUT2D eigenvalue weighted by Crippen LogP contribution is -2.66. The zero-order valence-corrected chi connectivity index (χ0v) is 13.8. The van der Waals surface area contributed by atoms with Gasteiger partial charge in [0.15, 0.2) is 0 Å². The summed E-state index contributed by atoms with van der Waals surface area (Å²) in [5.74, 6) is -0.527. The highest BCUT2D eigenvalue weighted by Gasteiger charge is 2.49. The number of nitrogens with zero attached hydrogens (tertiary/aromatic N) is 2. The topological polar surface area (TPSA) is 79.0 Å². The maximum atomic E-state index is 12.6. The van der Waals surface area contributed by atoms with E-state index >= 15 is 0 Å². The number of carbonyl (C=O) groups is 3. The van der Waals surface area contributed by atoms with Crippen LogP contribution in [0.1, 0.15) is 25.8 Å². The fourth-order valence-electron chi connectivity index (χ4n) is 3.04. The molecule has 0 bridgehead atoms. The molecule has 1 aromatic rings. The number of hydrazine groups is 1. The van der Waals surface area contributed by atoms with E-state index in [1.165, 1.54) is 10.0 Å². The van der Waals surface area contributed by atoms with E-state index in [0.717, 1.165) is 5.56 Å². The number of nitrogens with one attached hydrogen (secondary N) is 1. The van der Waals surface area contributed by atoms with Crippen LogP contribution in [-0.2, 0) is 20.9 Å². The van der Waals surface area contributed by atoms with Crippen molar-refractivity contribution in [2.75, 3.05) is 6.54 Å². The lowest BCUT2D eigenvalue weighted by molar-refractivity contribution is -0.160. The summed E-state index contributed by atoms with van der Waals surface area (Å²) in [6, 6.07) is 8.07. The van der Waals surface area contributed by atoms with E-state index in [-0.39, 0.29) is 24.3 Å². The molecule has 0 spiro atoms. The van der Waals surface area contributed by atoms with Crippen molar-refractivity contribution < 1.29 is 19.1 Å². The zero-order chi connectivity index (χ0) is 17.3. The average Bonchev–Trinajstić information content (AvgIpc) is 3.02. The summed E-state index contributed by atoms with van der Waals surface area (Å²) in [6.45, 7) is 4.14. The monoisotopic (exact) mass is 331 g/mol. The highest BCUT2D eigenvalue weighted by molar-refractivity contribution is 5.98. The zero-order valence-electron chi connectivity index (χ0n) is 13.8. The first-order valence-corrected chi connectivity index (χ1v) is 8.10. The Bertz CT molecular complexity index is 646. The van der Waals surface area contributed by atoms with Gasteiger partial charge in [-0.2, -0.15) is 0 Å². The third kappa shape index (κ3) is 2.93. The van der Waals surface area contributed by atoms with Crippen LogP contribution in [0, 0.1) is 5.92 Å². The van der Waals surface area contributed by atoms with E-state index in [9.17, 15) is 14.4 Å².